The van der Waals surface area contributed by atoms with Gasteiger partial charge in [-0.1, -0.05) is 25.8 Å². The molecule has 21 heavy (non-hydrogen) atoms. The van der Waals surface area contributed by atoms with Crippen LogP contribution in [0, 0.1) is 18.7 Å². The zero-order valence-corrected chi connectivity index (χ0v) is 13.4. The maximum atomic E-state index is 13.4. The van der Waals surface area contributed by atoms with Crippen molar-refractivity contribution in [1.29, 1.82) is 0 Å². The Hall–Kier alpha value is -0.930. The van der Waals surface area contributed by atoms with Crippen LogP contribution in [0.15, 0.2) is 18.2 Å². The maximum absolute atomic E-state index is 13.4. The predicted octanol–water partition coefficient (Wildman–Crippen LogP) is 4.02. The Morgan fingerprint density at radius 2 is 2.24 bits per heavy atom. The molecule has 1 saturated carbocycles. The van der Waals surface area contributed by atoms with E-state index in [0.717, 1.165) is 30.4 Å². The molecule has 0 spiro atoms. The van der Waals surface area contributed by atoms with E-state index in [1.807, 2.05) is 13.8 Å². The summed E-state index contributed by atoms with van der Waals surface area (Å²) < 4.78 is 19.4. The molecule has 1 fully saturated rings. The van der Waals surface area contributed by atoms with Gasteiger partial charge in [-0.15, -0.1) is 0 Å². The van der Waals surface area contributed by atoms with Crippen LogP contribution in [0.5, 0.6) is 0 Å². The topological polar surface area (TPSA) is 29.5 Å². The molecule has 0 saturated heterocycles. The van der Waals surface area contributed by atoms with E-state index < -0.39 is 11.7 Å². The summed E-state index contributed by atoms with van der Waals surface area (Å²) in [5.41, 5.74) is 1.43. The van der Waals surface area contributed by atoms with Crippen molar-refractivity contribution in [3.8, 4) is 0 Å². The minimum atomic E-state index is -0.583. The summed E-state index contributed by atoms with van der Waals surface area (Å²) in [5.74, 6) is 0.318. The van der Waals surface area contributed by atoms with Gasteiger partial charge in [-0.25, -0.2) is 4.39 Å². The third kappa shape index (κ3) is 3.83. The lowest BCUT2D eigenvalue weighted by molar-refractivity contribution is -0.147. The standard InChI is InChI=1S/C18H27FO2/c1-4-21-18(9-5-6-13(2)12-18)17(20)11-15-10-16(19)8-7-14(15)3/h7-8,10,13,17,20H,4-6,9,11-12H2,1-3H3. The van der Waals surface area contributed by atoms with Crippen LogP contribution in [0.1, 0.15) is 50.7 Å². The summed E-state index contributed by atoms with van der Waals surface area (Å²) in [6.07, 6.45) is 3.93. The quantitative estimate of drug-likeness (QED) is 0.888. The van der Waals surface area contributed by atoms with Gasteiger partial charge in [0.1, 0.15) is 5.82 Å². The van der Waals surface area contributed by atoms with Crippen molar-refractivity contribution in [3.63, 3.8) is 0 Å². The fraction of sp³-hybridized carbons (Fsp3) is 0.667. The lowest BCUT2D eigenvalue weighted by atomic mass is 9.74. The summed E-state index contributed by atoms with van der Waals surface area (Å²) in [5, 5.41) is 10.8. The van der Waals surface area contributed by atoms with Crippen molar-refractivity contribution in [3.05, 3.63) is 35.1 Å². The van der Waals surface area contributed by atoms with Gasteiger partial charge in [0.05, 0.1) is 11.7 Å². The second-order valence-corrected chi connectivity index (χ2v) is 6.49. The molecule has 3 unspecified atom stereocenters. The number of aryl methyl sites for hydroxylation is 1. The number of aliphatic hydroxyl groups is 1. The van der Waals surface area contributed by atoms with E-state index in [1.165, 1.54) is 18.6 Å². The number of ether oxygens (including phenoxy) is 1. The number of benzene rings is 1. The Morgan fingerprint density at radius 1 is 1.48 bits per heavy atom. The fourth-order valence-corrected chi connectivity index (χ4v) is 3.62. The van der Waals surface area contributed by atoms with Crippen LogP contribution in [0.4, 0.5) is 4.39 Å². The van der Waals surface area contributed by atoms with Gasteiger partial charge in [0.15, 0.2) is 0 Å². The highest BCUT2D eigenvalue weighted by Gasteiger charge is 2.42. The van der Waals surface area contributed by atoms with Crippen molar-refractivity contribution in [1.82, 2.24) is 0 Å². The van der Waals surface area contributed by atoms with Crippen molar-refractivity contribution in [2.24, 2.45) is 5.92 Å². The van der Waals surface area contributed by atoms with Crippen molar-refractivity contribution in [2.45, 2.75) is 64.6 Å². The van der Waals surface area contributed by atoms with Gasteiger partial charge >= 0.3 is 0 Å². The minimum absolute atomic E-state index is 0.245. The molecule has 0 aromatic heterocycles. The minimum Gasteiger partial charge on any atom is -0.390 e. The Kier molecular flexibility index (Phi) is 5.39. The summed E-state index contributed by atoms with van der Waals surface area (Å²) in [6.45, 7) is 6.75. The first-order chi connectivity index (χ1) is 9.97. The van der Waals surface area contributed by atoms with Crippen LogP contribution in [-0.4, -0.2) is 23.4 Å². The zero-order chi connectivity index (χ0) is 15.5. The number of hydrogen-bond donors (Lipinski definition) is 1. The van der Waals surface area contributed by atoms with Gasteiger partial charge in [0.25, 0.3) is 0 Å². The number of aliphatic hydroxyl groups excluding tert-OH is 1. The smallest absolute Gasteiger partial charge is 0.123 e. The van der Waals surface area contributed by atoms with Crippen LogP contribution in [0.3, 0.4) is 0 Å². The molecule has 0 bridgehead atoms. The van der Waals surface area contributed by atoms with Gasteiger partial charge in [-0.3, -0.25) is 0 Å². The van der Waals surface area contributed by atoms with E-state index in [9.17, 15) is 9.50 Å². The molecule has 0 radical (unpaired) electrons. The molecule has 1 N–H and O–H groups in total. The molecule has 0 heterocycles. The average Bonchev–Trinajstić information content (AvgIpc) is 2.43. The molecule has 2 rings (SSSR count). The van der Waals surface area contributed by atoms with Gasteiger partial charge in [-0.2, -0.15) is 0 Å². The summed E-state index contributed by atoms with van der Waals surface area (Å²) in [6, 6.07) is 4.77. The number of hydrogen-bond acceptors (Lipinski definition) is 2. The van der Waals surface area contributed by atoms with Crippen molar-refractivity contribution < 1.29 is 14.2 Å². The van der Waals surface area contributed by atoms with Gasteiger partial charge < -0.3 is 9.84 Å². The van der Waals surface area contributed by atoms with Crippen LogP contribution >= 0.6 is 0 Å². The average molecular weight is 294 g/mol. The summed E-state index contributed by atoms with van der Waals surface area (Å²) in [4.78, 5) is 0. The largest absolute Gasteiger partial charge is 0.390 e. The molecular formula is C18H27FO2. The van der Waals surface area contributed by atoms with Crippen LogP contribution in [0.25, 0.3) is 0 Å². The number of halogens is 1. The molecule has 3 atom stereocenters. The first-order valence-corrected chi connectivity index (χ1v) is 8.04. The number of rotatable bonds is 5. The van der Waals surface area contributed by atoms with Crippen molar-refractivity contribution in [2.75, 3.05) is 6.61 Å². The third-order valence-corrected chi connectivity index (χ3v) is 4.75. The molecule has 1 aromatic carbocycles. The molecule has 0 amide bonds. The van der Waals surface area contributed by atoms with Crippen LogP contribution < -0.4 is 0 Å². The molecular weight excluding hydrogens is 267 g/mol. The molecule has 1 aromatic rings. The van der Waals surface area contributed by atoms with Crippen LogP contribution in [-0.2, 0) is 11.2 Å². The SMILES string of the molecule is CCOC1(C(O)Cc2cc(F)ccc2C)CCCC(C)C1. The second kappa shape index (κ2) is 6.89. The molecule has 1 aliphatic carbocycles. The molecule has 0 aliphatic heterocycles. The second-order valence-electron chi connectivity index (χ2n) is 6.49. The van der Waals surface area contributed by atoms with Crippen LogP contribution in [0.2, 0.25) is 0 Å². The highest BCUT2D eigenvalue weighted by Crippen LogP contribution is 2.39. The zero-order valence-electron chi connectivity index (χ0n) is 13.4. The van der Waals surface area contributed by atoms with Crippen molar-refractivity contribution >= 4 is 0 Å². The lowest BCUT2D eigenvalue weighted by Crippen LogP contribution is -2.49. The Morgan fingerprint density at radius 3 is 2.90 bits per heavy atom. The molecule has 2 nitrogen and oxygen atoms in total. The monoisotopic (exact) mass is 294 g/mol. The summed E-state index contributed by atoms with van der Waals surface area (Å²) >= 11 is 0. The molecule has 118 valence electrons. The van der Waals surface area contributed by atoms with E-state index in [-0.39, 0.29) is 5.82 Å². The molecule has 3 heteroatoms. The predicted molar refractivity (Wildman–Crippen MR) is 82.8 cm³/mol. The van der Waals surface area contributed by atoms with E-state index in [4.69, 9.17) is 4.74 Å². The van der Waals surface area contributed by atoms with E-state index in [1.54, 1.807) is 6.07 Å². The van der Waals surface area contributed by atoms with E-state index >= 15 is 0 Å². The third-order valence-electron chi connectivity index (χ3n) is 4.75. The van der Waals surface area contributed by atoms with Gasteiger partial charge in [0, 0.05) is 13.0 Å². The first-order valence-electron chi connectivity index (χ1n) is 8.04. The first kappa shape index (κ1) is 16.4. The Balaban J connectivity index is 2.18. The van der Waals surface area contributed by atoms with Gasteiger partial charge in [-0.05, 0) is 55.9 Å². The Labute approximate surface area is 127 Å². The van der Waals surface area contributed by atoms with E-state index in [2.05, 4.69) is 6.92 Å². The lowest BCUT2D eigenvalue weighted by Gasteiger charge is -2.43. The summed E-state index contributed by atoms with van der Waals surface area (Å²) in [7, 11) is 0. The van der Waals surface area contributed by atoms with Gasteiger partial charge in [0.2, 0.25) is 0 Å². The highest BCUT2D eigenvalue weighted by molar-refractivity contribution is 5.27. The maximum Gasteiger partial charge on any atom is 0.123 e. The highest BCUT2D eigenvalue weighted by atomic mass is 19.1. The normalized spacial score (nSPS) is 27.6. The Bertz CT molecular complexity index is 470. The molecule has 1 aliphatic rings. The fourth-order valence-electron chi connectivity index (χ4n) is 3.62. The van der Waals surface area contributed by atoms with E-state index in [0.29, 0.717) is 18.9 Å².